The Kier molecular flexibility index (Phi) is 3.43. The summed E-state index contributed by atoms with van der Waals surface area (Å²) in [5.41, 5.74) is -0.391. The fourth-order valence-electron chi connectivity index (χ4n) is 1.54. The predicted molar refractivity (Wildman–Crippen MR) is 65.8 cm³/mol. The Balaban J connectivity index is 2.01. The molecule has 0 saturated carbocycles. The minimum Gasteiger partial charge on any atom is -0.454 e. The van der Waals surface area contributed by atoms with Crippen LogP contribution in [-0.4, -0.2) is 30.0 Å². The van der Waals surface area contributed by atoms with Gasteiger partial charge in [-0.05, 0) is 31.5 Å². The van der Waals surface area contributed by atoms with Gasteiger partial charge in [0.05, 0.1) is 5.60 Å². The monoisotopic (exact) mass is 251 g/mol. The molecule has 0 fully saturated rings. The van der Waals surface area contributed by atoms with Crippen LogP contribution in [0, 0.1) is 0 Å². The molecule has 1 aromatic rings. The molecule has 1 aromatic carbocycles. The van der Waals surface area contributed by atoms with Crippen LogP contribution < -0.4 is 14.8 Å². The minimum atomic E-state index is -0.883. The maximum atomic E-state index is 11.9. The van der Waals surface area contributed by atoms with Gasteiger partial charge in [0.15, 0.2) is 11.5 Å². The molecule has 1 atom stereocenters. The number of ether oxygens (including phenoxy) is 2. The SMILES string of the molecule is CCC(C)(O)CNC(=O)c1ccc2c(c1)OCO2. The normalized spacial score (nSPS) is 16.2. The molecule has 0 radical (unpaired) electrons. The van der Waals surface area contributed by atoms with Gasteiger partial charge < -0.3 is 19.9 Å². The highest BCUT2D eigenvalue weighted by molar-refractivity contribution is 5.94. The van der Waals surface area contributed by atoms with Crippen LogP contribution in [0.1, 0.15) is 30.6 Å². The van der Waals surface area contributed by atoms with E-state index in [0.29, 0.717) is 23.5 Å². The molecule has 0 aromatic heterocycles. The van der Waals surface area contributed by atoms with Crippen molar-refractivity contribution in [2.45, 2.75) is 25.9 Å². The van der Waals surface area contributed by atoms with Crippen molar-refractivity contribution in [2.75, 3.05) is 13.3 Å². The summed E-state index contributed by atoms with van der Waals surface area (Å²) in [5.74, 6) is 0.985. The van der Waals surface area contributed by atoms with Crippen LogP contribution in [0.3, 0.4) is 0 Å². The average molecular weight is 251 g/mol. The van der Waals surface area contributed by atoms with Gasteiger partial charge in [0.2, 0.25) is 6.79 Å². The molecular weight excluding hydrogens is 234 g/mol. The maximum Gasteiger partial charge on any atom is 0.251 e. The molecular formula is C13H17NO4. The van der Waals surface area contributed by atoms with E-state index in [2.05, 4.69) is 5.32 Å². The molecule has 5 heteroatoms. The van der Waals surface area contributed by atoms with Crippen molar-refractivity contribution in [3.05, 3.63) is 23.8 Å². The third-order valence-electron chi connectivity index (χ3n) is 3.03. The largest absolute Gasteiger partial charge is 0.454 e. The second-order valence-corrected chi connectivity index (χ2v) is 4.60. The molecule has 1 amide bonds. The molecule has 1 heterocycles. The van der Waals surface area contributed by atoms with Gasteiger partial charge in [0, 0.05) is 12.1 Å². The van der Waals surface area contributed by atoms with E-state index < -0.39 is 5.60 Å². The van der Waals surface area contributed by atoms with Crippen molar-refractivity contribution >= 4 is 5.91 Å². The molecule has 18 heavy (non-hydrogen) atoms. The first-order valence-electron chi connectivity index (χ1n) is 5.92. The second kappa shape index (κ2) is 4.86. The standard InChI is InChI=1S/C13H17NO4/c1-3-13(2,16)7-14-12(15)9-4-5-10-11(6-9)18-8-17-10/h4-6,16H,3,7-8H2,1-2H3,(H,14,15). The number of carbonyl (C=O) groups excluding carboxylic acids is 1. The quantitative estimate of drug-likeness (QED) is 0.846. The van der Waals surface area contributed by atoms with Crippen LogP contribution in [0.2, 0.25) is 0 Å². The van der Waals surface area contributed by atoms with Crippen molar-refractivity contribution in [2.24, 2.45) is 0 Å². The third-order valence-corrected chi connectivity index (χ3v) is 3.03. The van der Waals surface area contributed by atoms with Gasteiger partial charge in [-0.3, -0.25) is 4.79 Å². The summed E-state index contributed by atoms with van der Waals surface area (Å²) in [7, 11) is 0. The van der Waals surface area contributed by atoms with Gasteiger partial charge in [-0.15, -0.1) is 0 Å². The van der Waals surface area contributed by atoms with Gasteiger partial charge in [-0.25, -0.2) is 0 Å². The van der Waals surface area contributed by atoms with Crippen molar-refractivity contribution in [1.82, 2.24) is 5.32 Å². The van der Waals surface area contributed by atoms with Crippen LogP contribution in [0.4, 0.5) is 0 Å². The fraction of sp³-hybridized carbons (Fsp3) is 0.462. The van der Waals surface area contributed by atoms with Crippen LogP contribution in [0.5, 0.6) is 11.5 Å². The summed E-state index contributed by atoms with van der Waals surface area (Å²) >= 11 is 0. The van der Waals surface area contributed by atoms with Gasteiger partial charge in [-0.2, -0.15) is 0 Å². The van der Waals surface area contributed by atoms with E-state index in [9.17, 15) is 9.90 Å². The number of benzene rings is 1. The molecule has 98 valence electrons. The van der Waals surface area contributed by atoms with Crippen LogP contribution >= 0.6 is 0 Å². The molecule has 0 saturated heterocycles. The van der Waals surface area contributed by atoms with E-state index in [1.807, 2.05) is 6.92 Å². The fourth-order valence-corrected chi connectivity index (χ4v) is 1.54. The Morgan fingerprint density at radius 1 is 1.44 bits per heavy atom. The highest BCUT2D eigenvalue weighted by Crippen LogP contribution is 2.32. The number of nitrogens with one attached hydrogen (secondary N) is 1. The molecule has 0 aliphatic carbocycles. The number of amides is 1. The first-order valence-corrected chi connectivity index (χ1v) is 5.92. The molecule has 5 nitrogen and oxygen atoms in total. The highest BCUT2D eigenvalue weighted by Gasteiger charge is 2.20. The summed E-state index contributed by atoms with van der Waals surface area (Å²) < 4.78 is 10.4. The average Bonchev–Trinajstić information content (AvgIpc) is 2.83. The van der Waals surface area contributed by atoms with E-state index in [1.165, 1.54) is 0 Å². The van der Waals surface area contributed by atoms with E-state index in [1.54, 1.807) is 25.1 Å². The zero-order valence-corrected chi connectivity index (χ0v) is 10.5. The van der Waals surface area contributed by atoms with Gasteiger partial charge >= 0.3 is 0 Å². The summed E-state index contributed by atoms with van der Waals surface area (Å²) in [6, 6.07) is 5.01. The summed E-state index contributed by atoms with van der Waals surface area (Å²) in [5, 5.41) is 12.5. The van der Waals surface area contributed by atoms with Crippen molar-refractivity contribution in [3.8, 4) is 11.5 Å². The van der Waals surface area contributed by atoms with Gasteiger partial charge in [-0.1, -0.05) is 6.92 Å². The van der Waals surface area contributed by atoms with Gasteiger partial charge in [0.1, 0.15) is 0 Å². The molecule has 1 unspecified atom stereocenters. The maximum absolute atomic E-state index is 11.9. The minimum absolute atomic E-state index is 0.185. The van der Waals surface area contributed by atoms with Crippen LogP contribution in [0.15, 0.2) is 18.2 Å². The number of aliphatic hydroxyl groups is 1. The Labute approximate surface area is 106 Å². The van der Waals surface area contributed by atoms with E-state index in [4.69, 9.17) is 9.47 Å². The van der Waals surface area contributed by atoms with Gasteiger partial charge in [0.25, 0.3) is 5.91 Å². The molecule has 2 rings (SSSR count). The Hall–Kier alpha value is -1.75. The third kappa shape index (κ3) is 2.73. The van der Waals surface area contributed by atoms with E-state index in [-0.39, 0.29) is 19.2 Å². The first-order chi connectivity index (χ1) is 8.52. The molecule has 2 N–H and O–H groups in total. The van der Waals surface area contributed by atoms with E-state index >= 15 is 0 Å². The zero-order valence-electron chi connectivity index (χ0n) is 10.5. The molecule has 0 bridgehead atoms. The lowest BCUT2D eigenvalue weighted by Gasteiger charge is -2.21. The van der Waals surface area contributed by atoms with Crippen molar-refractivity contribution < 1.29 is 19.4 Å². The Bertz CT molecular complexity index is 456. The van der Waals surface area contributed by atoms with Crippen LogP contribution in [-0.2, 0) is 0 Å². The lowest BCUT2D eigenvalue weighted by atomic mass is 10.0. The van der Waals surface area contributed by atoms with Crippen molar-refractivity contribution in [3.63, 3.8) is 0 Å². The number of carbonyl (C=O) groups is 1. The number of hydrogen-bond acceptors (Lipinski definition) is 4. The molecule has 0 spiro atoms. The first kappa shape index (κ1) is 12.7. The van der Waals surface area contributed by atoms with Crippen molar-refractivity contribution in [1.29, 1.82) is 0 Å². The lowest BCUT2D eigenvalue weighted by molar-refractivity contribution is 0.0518. The molecule has 1 aliphatic heterocycles. The Morgan fingerprint density at radius 2 is 2.17 bits per heavy atom. The summed E-state index contributed by atoms with van der Waals surface area (Å²) in [4.78, 5) is 11.9. The predicted octanol–water partition coefficient (Wildman–Crippen LogP) is 1.31. The number of hydrogen-bond donors (Lipinski definition) is 2. The lowest BCUT2D eigenvalue weighted by Crippen LogP contribution is -2.40. The summed E-state index contributed by atoms with van der Waals surface area (Å²) in [6.07, 6.45) is 0.578. The molecule has 1 aliphatic rings. The topological polar surface area (TPSA) is 67.8 Å². The highest BCUT2D eigenvalue weighted by atomic mass is 16.7. The number of fused-ring (bicyclic) bond motifs is 1. The smallest absolute Gasteiger partial charge is 0.251 e. The second-order valence-electron chi connectivity index (χ2n) is 4.60. The Morgan fingerprint density at radius 3 is 2.89 bits per heavy atom. The zero-order chi connectivity index (χ0) is 13.2. The summed E-state index contributed by atoms with van der Waals surface area (Å²) in [6.45, 7) is 3.96. The van der Waals surface area contributed by atoms with E-state index in [0.717, 1.165) is 0 Å². The van der Waals surface area contributed by atoms with Crippen LogP contribution in [0.25, 0.3) is 0 Å². The number of rotatable bonds is 4.